The van der Waals surface area contributed by atoms with E-state index in [0.29, 0.717) is 11.1 Å². The van der Waals surface area contributed by atoms with Crippen LogP contribution in [0.4, 0.5) is 0 Å². The van der Waals surface area contributed by atoms with Crippen LogP contribution in [0, 0.1) is 27.7 Å². The van der Waals surface area contributed by atoms with Gasteiger partial charge in [0.2, 0.25) is 0 Å². The lowest BCUT2D eigenvalue weighted by atomic mass is 9.81. The van der Waals surface area contributed by atoms with E-state index in [0.717, 1.165) is 32.1 Å². The zero-order valence-electron chi connectivity index (χ0n) is 17.8. The van der Waals surface area contributed by atoms with Crippen molar-refractivity contribution < 1.29 is 19.2 Å². The van der Waals surface area contributed by atoms with Crippen molar-refractivity contribution in [3.05, 3.63) is 94.1 Å². The molecule has 0 saturated heterocycles. The molecule has 6 nitrogen and oxygen atoms in total. The molecule has 0 aromatic heterocycles. The van der Waals surface area contributed by atoms with Crippen LogP contribution < -0.4 is 0 Å². The maximum atomic E-state index is 13.0. The van der Waals surface area contributed by atoms with Crippen LogP contribution in [0.2, 0.25) is 0 Å². The molecule has 0 aliphatic carbocycles. The largest absolute Gasteiger partial charge is 0.269 e. The Balaban J connectivity index is 2.20. The van der Waals surface area contributed by atoms with Crippen LogP contribution >= 0.6 is 0 Å². The molecule has 2 aliphatic heterocycles. The van der Waals surface area contributed by atoms with Gasteiger partial charge in [-0.25, -0.2) is 9.80 Å². The summed E-state index contributed by atoms with van der Waals surface area (Å²) in [5.74, 6) is -2.35. The smallest absolute Gasteiger partial charge is 0.256 e. The van der Waals surface area contributed by atoms with Crippen LogP contribution in [-0.2, 0) is 24.8 Å². The Morgan fingerprint density at radius 3 is 1.52 bits per heavy atom. The molecule has 4 rings (SSSR count). The quantitative estimate of drug-likeness (QED) is 0.721. The summed E-state index contributed by atoms with van der Waals surface area (Å²) in [7, 11) is 0. The third-order valence-corrected chi connectivity index (χ3v) is 6.30. The van der Waals surface area contributed by atoms with E-state index in [2.05, 4.69) is 0 Å². The van der Waals surface area contributed by atoms with Gasteiger partial charge in [-0.05, 0) is 49.9 Å². The summed E-state index contributed by atoms with van der Waals surface area (Å²) < 4.78 is 0. The average molecular weight is 414 g/mol. The monoisotopic (exact) mass is 414 g/mol. The van der Waals surface area contributed by atoms with E-state index in [9.17, 15) is 19.2 Å². The van der Waals surface area contributed by atoms with Gasteiger partial charge in [0, 0.05) is 35.4 Å². The molecule has 2 aliphatic rings. The van der Waals surface area contributed by atoms with Crippen molar-refractivity contribution in [1.29, 1.82) is 0 Å². The first-order valence-corrected chi connectivity index (χ1v) is 9.97. The molecule has 0 bridgehead atoms. The van der Waals surface area contributed by atoms with Gasteiger partial charge < -0.3 is 0 Å². The molecule has 0 N–H and O–H groups in total. The molecule has 6 heteroatoms. The first-order chi connectivity index (χ1) is 14.7. The van der Waals surface area contributed by atoms with Gasteiger partial charge in [0.15, 0.2) is 5.66 Å². The number of carbonyl (C=O) groups excluding carboxylic acids is 4. The summed E-state index contributed by atoms with van der Waals surface area (Å²) in [6.45, 7) is 7.76. The molecule has 31 heavy (non-hydrogen) atoms. The predicted molar refractivity (Wildman–Crippen MR) is 115 cm³/mol. The number of benzene rings is 2. The number of carbonyl (C=O) groups is 4. The van der Waals surface area contributed by atoms with Crippen molar-refractivity contribution in [2.45, 2.75) is 33.4 Å². The number of imide groups is 2. The van der Waals surface area contributed by atoms with Crippen molar-refractivity contribution in [2.24, 2.45) is 0 Å². The van der Waals surface area contributed by atoms with Gasteiger partial charge in [-0.1, -0.05) is 36.4 Å². The minimum atomic E-state index is -1.76. The second kappa shape index (κ2) is 7.16. The lowest BCUT2D eigenvalue weighted by Gasteiger charge is -2.47. The summed E-state index contributed by atoms with van der Waals surface area (Å²) in [5.41, 5.74) is 3.01. The summed E-state index contributed by atoms with van der Waals surface area (Å²) in [6.07, 6.45) is 4.67. The van der Waals surface area contributed by atoms with Gasteiger partial charge in [0.1, 0.15) is 0 Å². The Bertz CT molecular complexity index is 1130. The molecule has 0 fully saturated rings. The van der Waals surface area contributed by atoms with E-state index in [-0.39, 0.29) is 0 Å². The number of rotatable bonds is 4. The average Bonchev–Trinajstić information content (AvgIpc) is 3.28. The van der Waals surface area contributed by atoms with Gasteiger partial charge in [0.05, 0.1) is 0 Å². The lowest BCUT2D eigenvalue weighted by Crippen LogP contribution is -2.63. The van der Waals surface area contributed by atoms with E-state index < -0.39 is 29.3 Å². The molecular weight excluding hydrogens is 392 g/mol. The predicted octanol–water partition coefficient (Wildman–Crippen LogP) is 2.97. The van der Waals surface area contributed by atoms with E-state index in [4.69, 9.17) is 0 Å². The molecule has 156 valence electrons. The number of aryl methyl sites for hydroxylation is 1. The molecule has 0 radical (unpaired) electrons. The third kappa shape index (κ3) is 2.79. The standard InChI is InChI=1S/C25H22N2O4/c1-15-14-20(18(4)17(3)16(15)2)25(19-8-6-5-7-9-19,26-21(28)10-11-22(26)29)27-23(30)12-13-24(27)31/h5-14H,1-4H3. The minimum Gasteiger partial charge on any atom is -0.269 e. The van der Waals surface area contributed by atoms with Gasteiger partial charge >= 0.3 is 0 Å². The van der Waals surface area contributed by atoms with Gasteiger partial charge in [-0.2, -0.15) is 0 Å². The summed E-state index contributed by atoms with van der Waals surface area (Å²) in [4.78, 5) is 54.2. The van der Waals surface area contributed by atoms with Gasteiger partial charge in [0.25, 0.3) is 23.6 Å². The zero-order chi connectivity index (χ0) is 22.5. The molecule has 4 amide bonds. The number of amides is 4. The number of nitrogens with zero attached hydrogens (tertiary/aromatic N) is 2. The highest BCUT2D eigenvalue weighted by molar-refractivity contribution is 6.17. The van der Waals surface area contributed by atoms with Crippen molar-refractivity contribution in [3.8, 4) is 0 Å². The fourth-order valence-corrected chi connectivity index (χ4v) is 4.44. The Morgan fingerprint density at radius 1 is 0.613 bits per heavy atom. The molecule has 2 aromatic rings. The van der Waals surface area contributed by atoms with Crippen molar-refractivity contribution >= 4 is 23.6 Å². The molecule has 0 saturated carbocycles. The summed E-state index contributed by atoms with van der Waals surface area (Å²) in [6, 6.07) is 10.6. The molecule has 0 atom stereocenters. The second-order valence-corrected chi connectivity index (χ2v) is 7.84. The van der Waals surface area contributed by atoms with Crippen LogP contribution in [0.1, 0.15) is 33.4 Å². The molecular formula is C25H22N2O4. The molecule has 2 aromatic carbocycles. The number of hydrogen-bond donors (Lipinski definition) is 0. The maximum absolute atomic E-state index is 13.0. The summed E-state index contributed by atoms with van der Waals surface area (Å²) >= 11 is 0. The highest BCUT2D eigenvalue weighted by atomic mass is 16.2. The zero-order valence-corrected chi connectivity index (χ0v) is 17.8. The van der Waals surface area contributed by atoms with Crippen LogP contribution in [0.25, 0.3) is 0 Å². The Labute approximate surface area is 180 Å². The van der Waals surface area contributed by atoms with Crippen LogP contribution in [0.15, 0.2) is 60.7 Å². The molecule has 2 heterocycles. The first kappa shape index (κ1) is 20.5. The molecule has 0 spiro atoms. The fourth-order valence-electron chi connectivity index (χ4n) is 4.44. The van der Waals surface area contributed by atoms with Crippen molar-refractivity contribution in [3.63, 3.8) is 0 Å². The van der Waals surface area contributed by atoms with E-state index in [1.54, 1.807) is 30.3 Å². The SMILES string of the molecule is Cc1cc(C(c2ccccc2)(N2C(=O)C=CC2=O)N2C(=O)C=CC2=O)c(C)c(C)c1C. The van der Waals surface area contributed by atoms with Crippen molar-refractivity contribution in [2.75, 3.05) is 0 Å². The minimum absolute atomic E-state index is 0.469. The maximum Gasteiger partial charge on any atom is 0.256 e. The molecule has 0 unspecified atom stereocenters. The summed E-state index contributed by atoms with van der Waals surface area (Å²) in [5, 5.41) is 0. The van der Waals surface area contributed by atoms with Crippen LogP contribution in [-0.4, -0.2) is 33.4 Å². The van der Waals surface area contributed by atoms with Gasteiger partial charge in [-0.15, -0.1) is 0 Å². The topological polar surface area (TPSA) is 74.8 Å². The van der Waals surface area contributed by atoms with E-state index in [1.165, 1.54) is 24.3 Å². The highest BCUT2D eigenvalue weighted by Crippen LogP contribution is 2.45. The fraction of sp³-hybridized carbons (Fsp3) is 0.200. The Kier molecular flexibility index (Phi) is 4.73. The first-order valence-electron chi connectivity index (χ1n) is 9.97. The number of hydrogen-bond acceptors (Lipinski definition) is 4. The second-order valence-electron chi connectivity index (χ2n) is 7.84. The van der Waals surface area contributed by atoms with Crippen molar-refractivity contribution in [1.82, 2.24) is 9.80 Å². The third-order valence-electron chi connectivity index (χ3n) is 6.30. The van der Waals surface area contributed by atoms with Crippen LogP contribution in [0.3, 0.4) is 0 Å². The van der Waals surface area contributed by atoms with E-state index in [1.807, 2.05) is 33.8 Å². The lowest BCUT2D eigenvalue weighted by molar-refractivity contribution is -0.161. The normalized spacial score (nSPS) is 16.3. The highest BCUT2D eigenvalue weighted by Gasteiger charge is 2.56. The van der Waals surface area contributed by atoms with Crippen LogP contribution in [0.5, 0.6) is 0 Å². The Morgan fingerprint density at radius 2 is 1.06 bits per heavy atom. The van der Waals surface area contributed by atoms with E-state index >= 15 is 0 Å². The Hall–Kier alpha value is -3.80. The van der Waals surface area contributed by atoms with Gasteiger partial charge in [-0.3, -0.25) is 19.2 Å².